The first-order valence-corrected chi connectivity index (χ1v) is 7.57. The first kappa shape index (κ1) is 16.6. The molecule has 0 spiro atoms. The molecule has 0 fully saturated rings. The Labute approximate surface area is 145 Å². The van der Waals surface area contributed by atoms with Gasteiger partial charge < -0.3 is 4.57 Å². The smallest absolute Gasteiger partial charge is 0.322 e. The van der Waals surface area contributed by atoms with E-state index in [4.69, 9.17) is 14.3 Å². The van der Waals surface area contributed by atoms with Gasteiger partial charge in [-0.15, -0.1) is 6.42 Å². The van der Waals surface area contributed by atoms with Crippen LogP contribution >= 0.6 is 0 Å². The molecule has 0 aliphatic carbocycles. The Hall–Kier alpha value is -3.27. The number of aromatic nitrogens is 4. The molecule has 122 valence electrons. The minimum atomic E-state index is -0.486. The van der Waals surface area contributed by atoms with Crippen molar-refractivity contribution in [3.05, 3.63) is 56.5 Å². The molecule has 0 aliphatic rings. The lowest BCUT2D eigenvalue weighted by molar-refractivity contribution is 0.674. The summed E-state index contributed by atoms with van der Waals surface area (Å²) in [6.07, 6.45) is 8.87. The van der Waals surface area contributed by atoms with Crippen LogP contribution in [-0.4, -0.2) is 26.5 Å². The normalized spacial score (nSPS) is 11.2. The van der Waals surface area contributed by atoms with Crippen molar-refractivity contribution in [3.8, 4) is 12.3 Å². The number of hydrogen-bond donors (Lipinski definition) is 0. The van der Waals surface area contributed by atoms with Gasteiger partial charge in [0.05, 0.1) is 6.54 Å². The van der Waals surface area contributed by atoms with Gasteiger partial charge >= 0.3 is 5.69 Å². The van der Waals surface area contributed by atoms with Crippen molar-refractivity contribution in [2.75, 3.05) is 0 Å². The first-order valence-electron chi connectivity index (χ1n) is 7.57. The molecular formula is C18H15BN4O2. The number of benzene rings is 1. The third-order valence-corrected chi connectivity index (χ3v) is 3.98. The predicted octanol–water partition coefficient (Wildman–Crippen LogP) is 0.0311. The lowest BCUT2D eigenvalue weighted by atomic mass is 9.94. The van der Waals surface area contributed by atoms with Crippen molar-refractivity contribution in [1.29, 1.82) is 0 Å². The summed E-state index contributed by atoms with van der Waals surface area (Å²) in [6.45, 7) is -0.0823. The molecule has 3 aromatic rings. The van der Waals surface area contributed by atoms with E-state index in [-0.39, 0.29) is 6.54 Å². The summed E-state index contributed by atoms with van der Waals surface area (Å²) in [7, 11) is 9.05. The zero-order chi connectivity index (χ0) is 18.1. The number of aryl methyl sites for hydroxylation is 2. The SMILES string of the molecule is [B]c1cccc(/C=C/c2nc3c(c(=O)n(CC#C)c(=O)n3C)n2C)c1. The minimum Gasteiger partial charge on any atom is -0.322 e. The van der Waals surface area contributed by atoms with Crippen LogP contribution in [0.15, 0.2) is 33.9 Å². The van der Waals surface area contributed by atoms with Crippen molar-refractivity contribution in [2.24, 2.45) is 14.1 Å². The van der Waals surface area contributed by atoms with Gasteiger partial charge in [0, 0.05) is 14.1 Å². The summed E-state index contributed by atoms with van der Waals surface area (Å²) in [5, 5.41) is 0. The van der Waals surface area contributed by atoms with Crippen molar-refractivity contribution >= 4 is 36.6 Å². The van der Waals surface area contributed by atoms with Crippen molar-refractivity contribution in [1.82, 2.24) is 18.7 Å². The van der Waals surface area contributed by atoms with E-state index >= 15 is 0 Å². The highest BCUT2D eigenvalue weighted by Crippen LogP contribution is 2.12. The lowest BCUT2D eigenvalue weighted by Gasteiger charge is -2.05. The molecule has 2 aromatic heterocycles. The topological polar surface area (TPSA) is 61.8 Å². The minimum absolute atomic E-state index is 0.0823. The van der Waals surface area contributed by atoms with Crippen LogP contribution < -0.4 is 16.7 Å². The summed E-state index contributed by atoms with van der Waals surface area (Å²) >= 11 is 0. The van der Waals surface area contributed by atoms with Crippen LogP contribution in [0.3, 0.4) is 0 Å². The van der Waals surface area contributed by atoms with E-state index in [0.29, 0.717) is 22.5 Å². The molecule has 0 amide bonds. The second kappa shape index (κ2) is 6.32. The summed E-state index contributed by atoms with van der Waals surface area (Å²) in [5.74, 6) is 2.87. The maximum absolute atomic E-state index is 12.6. The lowest BCUT2D eigenvalue weighted by Crippen LogP contribution is -2.39. The Morgan fingerprint density at radius 2 is 2.00 bits per heavy atom. The summed E-state index contributed by atoms with van der Waals surface area (Å²) in [6, 6.07) is 7.39. The molecule has 7 heteroatoms. The molecule has 0 atom stereocenters. The van der Waals surface area contributed by atoms with Crippen LogP contribution in [0, 0.1) is 12.3 Å². The predicted molar refractivity (Wildman–Crippen MR) is 99.8 cm³/mol. The highest BCUT2D eigenvalue weighted by Gasteiger charge is 2.16. The maximum atomic E-state index is 12.6. The van der Waals surface area contributed by atoms with Crippen LogP contribution in [0.4, 0.5) is 0 Å². The zero-order valence-corrected chi connectivity index (χ0v) is 13.9. The fourth-order valence-corrected chi connectivity index (χ4v) is 2.67. The van der Waals surface area contributed by atoms with Gasteiger partial charge in [0.15, 0.2) is 11.2 Å². The van der Waals surface area contributed by atoms with E-state index in [2.05, 4.69) is 10.9 Å². The quantitative estimate of drug-likeness (QED) is 0.503. The molecule has 3 rings (SSSR count). The van der Waals surface area contributed by atoms with Crippen molar-refractivity contribution in [2.45, 2.75) is 6.54 Å². The van der Waals surface area contributed by atoms with E-state index in [1.807, 2.05) is 24.3 Å². The van der Waals surface area contributed by atoms with Gasteiger partial charge in [0.25, 0.3) is 5.56 Å². The van der Waals surface area contributed by atoms with E-state index < -0.39 is 11.2 Å². The van der Waals surface area contributed by atoms with Crippen LogP contribution in [0.2, 0.25) is 0 Å². The molecule has 0 aliphatic heterocycles. The highest BCUT2D eigenvalue weighted by atomic mass is 16.2. The molecule has 0 bridgehead atoms. The number of rotatable bonds is 3. The monoisotopic (exact) mass is 330 g/mol. The first-order chi connectivity index (χ1) is 11.9. The van der Waals surface area contributed by atoms with Crippen molar-refractivity contribution in [3.63, 3.8) is 0 Å². The van der Waals surface area contributed by atoms with Gasteiger partial charge in [-0.1, -0.05) is 41.7 Å². The van der Waals surface area contributed by atoms with Gasteiger partial charge in [-0.25, -0.2) is 14.3 Å². The van der Waals surface area contributed by atoms with Gasteiger partial charge in [0.1, 0.15) is 13.7 Å². The molecule has 0 N–H and O–H groups in total. The number of hydrogen-bond acceptors (Lipinski definition) is 3. The van der Waals surface area contributed by atoms with E-state index in [0.717, 1.165) is 10.1 Å². The van der Waals surface area contributed by atoms with Crippen LogP contribution in [0.5, 0.6) is 0 Å². The Bertz CT molecular complexity index is 1160. The average molecular weight is 330 g/mol. The molecule has 0 saturated heterocycles. The van der Waals surface area contributed by atoms with Gasteiger partial charge in [-0.3, -0.25) is 9.36 Å². The average Bonchev–Trinajstić information content (AvgIpc) is 2.92. The molecule has 0 unspecified atom stereocenters. The Balaban J connectivity index is 2.19. The standard InChI is InChI=1S/C18H15BN4O2/c1-4-10-23-17(24)15-16(22(3)18(23)25)20-14(21(15)2)9-8-12-6-5-7-13(19)11-12/h1,5-9,11H,10H2,2-3H3/b9-8+. The van der Waals surface area contributed by atoms with Gasteiger partial charge in [-0.2, -0.15) is 0 Å². The van der Waals surface area contributed by atoms with E-state index in [9.17, 15) is 9.59 Å². The number of terminal acetylenes is 1. The van der Waals surface area contributed by atoms with Gasteiger partial charge in [-0.05, 0) is 11.6 Å². The molecule has 0 saturated carbocycles. The summed E-state index contributed by atoms with van der Waals surface area (Å²) in [4.78, 5) is 29.3. The Morgan fingerprint density at radius 3 is 2.68 bits per heavy atom. The molecule has 2 radical (unpaired) electrons. The summed E-state index contributed by atoms with van der Waals surface area (Å²) in [5.41, 5.74) is 1.27. The third-order valence-electron chi connectivity index (χ3n) is 3.98. The molecular weight excluding hydrogens is 315 g/mol. The second-order valence-corrected chi connectivity index (χ2v) is 5.64. The zero-order valence-electron chi connectivity index (χ0n) is 13.9. The van der Waals surface area contributed by atoms with Crippen LogP contribution in [0.25, 0.3) is 23.3 Å². The summed E-state index contributed by atoms with van der Waals surface area (Å²) < 4.78 is 3.99. The number of nitrogens with zero attached hydrogens (tertiary/aromatic N) is 4. The highest BCUT2D eigenvalue weighted by molar-refractivity contribution is 6.32. The van der Waals surface area contributed by atoms with E-state index in [1.54, 1.807) is 30.8 Å². The number of fused-ring (bicyclic) bond motifs is 1. The number of imidazole rings is 1. The van der Waals surface area contributed by atoms with Crippen LogP contribution in [0.1, 0.15) is 11.4 Å². The molecule has 6 nitrogen and oxygen atoms in total. The Morgan fingerprint density at radius 1 is 1.24 bits per heavy atom. The van der Waals surface area contributed by atoms with Crippen LogP contribution in [-0.2, 0) is 20.6 Å². The maximum Gasteiger partial charge on any atom is 0.333 e. The Kier molecular flexibility index (Phi) is 4.20. The van der Waals surface area contributed by atoms with Crippen molar-refractivity contribution < 1.29 is 0 Å². The molecule has 25 heavy (non-hydrogen) atoms. The third kappa shape index (κ3) is 2.83. The van der Waals surface area contributed by atoms with Gasteiger partial charge in [0.2, 0.25) is 0 Å². The largest absolute Gasteiger partial charge is 0.333 e. The fraction of sp³-hybridized carbons (Fsp3) is 0.167. The molecule has 2 heterocycles. The fourth-order valence-electron chi connectivity index (χ4n) is 2.67. The second-order valence-electron chi connectivity index (χ2n) is 5.64. The molecule has 1 aromatic carbocycles. The van der Waals surface area contributed by atoms with E-state index in [1.165, 1.54) is 4.57 Å².